The van der Waals surface area contributed by atoms with Crippen molar-refractivity contribution < 1.29 is 13.9 Å². The third-order valence-electron chi connectivity index (χ3n) is 4.16. The van der Waals surface area contributed by atoms with Crippen LogP contribution in [0.25, 0.3) is 21.7 Å². The van der Waals surface area contributed by atoms with Crippen LogP contribution in [0.4, 0.5) is 0 Å². The monoisotopic (exact) mass is 365 g/mol. The van der Waals surface area contributed by atoms with Gasteiger partial charge in [-0.2, -0.15) is 0 Å². The predicted molar refractivity (Wildman–Crippen MR) is 101 cm³/mol. The summed E-state index contributed by atoms with van der Waals surface area (Å²) < 4.78 is 10.8. The highest BCUT2D eigenvalue weighted by molar-refractivity contribution is 7.13. The number of hydrogen-bond donors (Lipinski definition) is 0. The first kappa shape index (κ1) is 16.5. The molecule has 0 amide bonds. The Morgan fingerprint density at radius 2 is 2.00 bits per heavy atom. The van der Waals surface area contributed by atoms with Crippen LogP contribution >= 0.6 is 11.3 Å². The molecule has 0 fully saturated rings. The number of benzene rings is 2. The molecule has 0 bridgehead atoms. The van der Waals surface area contributed by atoms with Crippen molar-refractivity contribution in [1.82, 2.24) is 4.98 Å². The summed E-state index contributed by atoms with van der Waals surface area (Å²) in [6, 6.07) is 12.9. The number of carbonyl (C=O) groups excluding carboxylic acids is 1. The average molecular weight is 365 g/mol. The van der Waals surface area contributed by atoms with Gasteiger partial charge in [-0.15, -0.1) is 11.3 Å². The minimum Gasteiger partial charge on any atom is -0.457 e. The van der Waals surface area contributed by atoms with E-state index >= 15 is 0 Å². The molecule has 0 aliphatic heterocycles. The highest BCUT2D eigenvalue weighted by Gasteiger charge is 2.17. The normalized spacial score (nSPS) is 11.2. The van der Waals surface area contributed by atoms with Crippen molar-refractivity contribution in [3.8, 4) is 0 Å². The Hall–Kier alpha value is -2.99. The Kier molecular flexibility index (Phi) is 4.05. The van der Waals surface area contributed by atoms with Gasteiger partial charge in [0.25, 0.3) is 0 Å². The van der Waals surface area contributed by atoms with E-state index in [1.54, 1.807) is 13.0 Å². The number of carbonyl (C=O) groups is 1. The van der Waals surface area contributed by atoms with Crippen LogP contribution in [0, 0.1) is 13.8 Å². The fraction of sp³-hybridized carbons (Fsp3) is 0.150. The molecule has 0 aliphatic rings. The van der Waals surface area contributed by atoms with Crippen LogP contribution in [-0.4, -0.2) is 11.0 Å². The van der Waals surface area contributed by atoms with Gasteiger partial charge in [-0.05, 0) is 30.7 Å². The molecule has 5 nitrogen and oxygen atoms in total. The minimum atomic E-state index is -0.469. The van der Waals surface area contributed by atoms with Crippen LogP contribution in [0.15, 0.2) is 51.7 Å². The summed E-state index contributed by atoms with van der Waals surface area (Å²) in [7, 11) is 0. The summed E-state index contributed by atoms with van der Waals surface area (Å²) in [6.07, 6.45) is 0. The lowest BCUT2D eigenvalue weighted by Gasteiger charge is -2.09. The summed E-state index contributed by atoms with van der Waals surface area (Å²) in [4.78, 5) is 29.0. The Bertz CT molecular complexity index is 1210. The van der Waals surface area contributed by atoms with E-state index in [4.69, 9.17) is 9.15 Å². The van der Waals surface area contributed by atoms with Crippen LogP contribution in [0.5, 0.6) is 0 Å². The number of thiazole rings is 1. The molecule has 2 aromatic heterocycles. The fourth-order valence-electron chi connectivity index (χ4n) is 3.06. The van der Waals surface area contributed by atoms with E-state index in [2.05, 4.69) is 4.98 Å². The number of esters is 1. The SMILES string of the molecule is Cc1nc(C)c(C(=O)OCc2cc(=O)oc3ccc4ccccc4c23)s1. The Morgan fingerprint density at radius 1 is 1.19 bits per heavy atom. The van der Waals surface area contributed by atoms with Gasteiger partial charge < -0.3 is 9.15 Å². The summed E-state index contributed by atoms with van der Waals surface area (Å²) in [5.74, 6) is -0.435. The largest absolute Gasteiger partial charge is 0.457 e. The molecule has 0 unspecified atom stereocenters. The van der Waals surface area contributed by atoms with Gasteiger partial charge in [0.05, 0.1) is 10.7 Å². The number of aryl methyl sites for hydroxylation is 2. The van der Waals surface area contributed by atoms with Crippen molar-refractivity contribution in [3.63, 3.8) is 0 Å². The lowest BCUT2D eigenvalue weighted by molar-refractivity contribution is 0.0478. The number of hydrogen-bond acceptors (Lipinski definition) is 6. The molecule has 0 N–H and O–H groups in total. The second-order valence-corrected chi connectivity index (χ2v) is 7.18. The molecule has 0 saturated carbocycles. The molecule has 26 heavy (non-hydrogen) atoms. The van der Waals surface area contributed by atoms with E-state index in [9.17, 15) is 9.59 Å². The van der Waals surface area contributed by atoms with E-state index in [-0.39, 0.29) is 6.61 Å². The minimum absolute atomic E-state index is 0.00860. The van der Waals surface area contributed by atoms with Crippen molar-refractivity contribution in [2.75, 3.05) is 0 Å². The zero-order valence-electron chi connectivity index (χ0n) is 14.2. The standard InChI is InChI=1S/C20H15NO4S/c1-11-19(26-12(2)21-11)20(23)24-10-14-9-17(22)25-16-8-7-13-5-3-4-6-15(13)18(14)16/h3-9H,10H2,1-2H3. The maximum Gasteiger partial charge on any atom is 0.350 e. The Balaban J connectivity index is 1.76. The predicted octanol–water partition coefficient (Wildman–Crippen LogP) is 4.38. The third-order valence-corrected chi connectivity index (χ3v) is 5.22. The van der Waals surface area contributed by atoms with E-state index in [1.165, 1.54) is 17.4 Å². The molecule has 4 aromatic rings. The number of fused-ring (bicyclic) bond motifs is 3. The molecule has 4 rings (SSSR count). The molecule has 0 saturated heterocycles. The Labute approximate surface area is 152 Å². The zero-order chi connectivity index (χ0) is 18.3. The van der Waals surface area contributed by atoms with Crippen molar-refractivity contribution in [1.29, 1.82) is 0 Å². The summed E-state index contributed by atoms with van der Waals surface area (Å²) in [5.41, 5.74) is 1.29. The van der Waals surface area contributed by atoms with Crippen molar-refractivity contribution in [3.05, 3.63) is 74.0 Å². The molecular formula is C20H15NO4S. The van der Waals surface area contributed by atoms with E-state index < -0.39 is 11.6 Å². The molecule has 0 spiro atoms. The van der Waals surface area contributed by atoms with E-state index in [1.807, 2.05) is 37.3 Å². The molecule has 130 valence electrons. The lowest BCUT2D eigenvalue weighted by atomic mass is 10.0. The lowest BCUT2D eigenvalue weighted by Crippen LogP contribution is -2.08. The van der Waals surface area contributed by atoms with Gasteiger partial charge in [-0.3, -0.25) is 0 Å². The molecule has 2 aromatic carbocycles. The third kappa shape index (κ3) is 2.88. The van der Waals surface area contributed by atoms with Gasteiger partial charge in [0.15, 0.2) is 0 Å². The van der Waals surface area contributed by atoms with Crippen LogP contribution in [0.3, 0.4) is 0 Å². The first-order valence-corrected chi connectivity index (χ1v) is 8.90. The second-order valence-electron chi connectivity index (χ2n) is 5.97. The molecule has 2 heterocycles. The number of ether oxygens (including phenoxy) is 1. The van der Waals surface area contributed by atoms with Crippen LogP contribution in [0.2, 0.25) is 0 Å². The summed E-state index contributed by atoms with van der Waals surface area (Å²) in [6.45, 7) is 3.61. The van der Waals surface area contributed by atoms with Crippen molar-refractivity contribution >= 4 is 39.0 Å². The molecule has 6 heteroatoms. The first-order chi connectivity index (χ1) is 12.5. The quantitative estimate of drug-likeness (QED) is 0.306. The van der Waals surface area contributed by atoms with Crippen LogP contribution in [-0.2, 0) is 11.3 Å². The highest BCUT2D eigenvalue weighted by atomic mass is 32.1. The molecule has 0 atom stereocenters. The van der Waals surface area contributed by atoms with Crippen LogP contribution < -0.4 is 5.63 Å². The van der Waals surface area contributed by atoms with Gasteiger partial charge >= 0.3 is 11.6 Å². The topological polar surface area (TPSA) is 69.4 Å². The summed E-state index contributed by atoms with van der Waals surface area (Å²) >= 11 is 1.30. The maximum atomic E-state index is 12.4. The summed E-state index contributed by atoms with van der Waals surface area (Å²) in [5, 5.41) is 3.57. The number of nitrogens with zero attached hydrogens (tertiary/aromatic N) is 1. The molecule has 0 radical (unpaired) electrons. The van der Waals surface area contributed by atoms with Gasteiger partial charge in [-0.25, -0.2) is 14.6 Å². The molecule has 0 aliphatic carbocycles. The van der Waals surface area contributed by atoms with Gasteiger partial charge in [0, 0.05) is 17.0 Å². The average Bonchev–Trinajstić information content (AvgIpc) is 2.97. The van der Waals surface area contributed by atoms with Gasteiger partial charge in [0.2, 0.25) is 0 Å². The second kappa shape index (κ2) is 6.38. The number of aromatic nitrogens is 1. The fourth-order valence-corrected chi connectivity index (χ4v) is 3.88. The number of rotatable bonds is 3. The zero-order valence-corrected chi connectivity index (χ0v) is 15.1. The van der Waals surface area contributed by atoms with Crippen molar-refractivity contribution in [2.24, 2.45) is 0 Å². The van der Waals surface area contributed by atoms with Crippen LogP contribution in [0.1, 0.15) is 25.9 Å². The smallest absolute Gasteiger partial charge is 0.350 e. The van der Waals surface area contributed by atoms with Gasteiger partial charge in [-0.1, -0.05) is 30.3 Å². The van der Waals surface area contributed by atoms with E-state index in [0.717, 1.165) is 21.2 Å². The molecular weight excluding hydrogens is 350 g/mol. The van der Waals surface area contributed by atoms with Gasteiger partial charge in [0.1, 0.15) is 17.1 Å². The Morgan fingerprint density at radius 3 is 2.77 bits per heavy atom. The first-order valence-electron chi connectivity index (χ1n) is 8.08. The highest BCUT2D eigenvalue weighted by Crippen LogP contribution is 2.28. The van der Waals surface area contributed by atoms with Crippen molar-refractivity contribution in [2.45, 2.75) is 20.5 Å². The maximum absolute atomic E-state index is 12.4. The van der Waals surface area contributed by atoms with E-state index in [0.29, 0.717) is 21.7 Å².